The van der Waals surface area contributed by atoms with Gasteiger partial charge in [0.2, 0.25) is 0 Å². The Labute approximate surface area is 135 Å². The van der Waals surface area contributed by atoms with Crippen LogP contribution >= 0.6 is 12.2 Å². The van der Waals surface area contributed by atoms with Crippen molar-refractivity contribution in [2.24, 2.45) is 0 Å². The summed E-state index contributed by atoms with van der Waals surface area (Å²) in [5, 5.41) is 3.44. The quantitative estimate of drug-likeness (QED) is 0.680. The van der Waals surface area contributed by atoms with Gasteiger partial charge in [0, 0.05) is 0 Å². The van der Waals surface area contributed by atoms with Crippen LogP contribution in [0.25, 0.3) is 6.08 Å². The first kappa shape index (κ1) is 14.5. The second kappa shape index (κ2) is 5.73. The van der Waals surface area contributed by atoms with Gasteiger partial charge in [-0.25, -0.2) is 0 Å². The van der Waals surface area contributed by atoms with Crippen molar-refractivity contribution in [3.8, 4) is 0 Å². The molecule has 0 unspecified atom stereocenters. The summed E-state index contributed by atoms with van der Waals surface area (Å²) in [7, 11) is 0. The average molecular weight is 308 g/mol. The molecule has 1 N–H and O–H groups in total. The van der Waals surface area contributed by atoms with Crippen LogP contribution in [0.1, 0.15) is 16.7 Å². The normalized spacial score (nSPS) is 16.3. The van der Waals surface area contributed by atoms with Crippen molar-refractivity contribution in [1.82, 2.24) is 5.32 Å². The molecule has 2 aromatic rings. The lowest BCUT2D eigenvalue weighted by molar-refractivity contribution is -0.113. The Hall–Kier alpha value is -2.46. The fourth-order valence-electron chi connectivity index (χ4n) is 2.47. The first-order chi connectivity index (χ1) is 10.6. The summed E-state index contributed by atoms with van der Waals surface area (Å²) in [6.07, 6.45) is 1.85. The minimum absolute atomic E-state index is 0.123. The average Bonchev–Trinajstić information content (AvgIpc) is 2.77. The Morgan fingerprint density at radius 2 is 1.64 bits per heavy atom. The second-order valence-electron chi connectivity index (χ2n) is 5.27. The number of thiocarbonyl (C=S) groups is 1. The van der Waals surface area contributed by atoms with Gasteiger partial charge in [-0.1, -0.05) is 42.5 Å². The summed E-state index contributed by atoms with van der Waals surface area (Å²) in [4.78, 5) is 14.2. The minimum Gasteiger partial charge on any atom is -0.327 e. The fraction of sp³-hybridized carbons (Fsp3) is 0.111. The number of rotatable bonds is 2. The number of para-hydroxylation sites is 1. The van der Waals surface area contributed by atoms with Gasteiger partial charge >= 0.3 is 0 Å². The molecule has 4 heteroatoms. The summed E-state index contributed by atoms with van der Waals surface area (Å²) in [5.74, 6) is -0.123. The Morgan fingerprint density at radius 1 is 1.00 bits per heavy atom. The van der Waals surface area contributed by atoms with Crippen molar-refractivity contribution < 1.29 is 4.79 Å². The highest BCUT2D eigenvalue weighted by Crippen LogP contribution is 2.25. The van der Waals surface area contributed by atoms with Gasteiger partial charge in [0.15, 0.2) is 5.11 Å². The summed E-state index contributed by atoms with van der Waals surface area (Å²) >= 11 is 5.34. The van der Waals surface area contributed by atoms with Crippen LogP contribution in [-0.2, 0) is 4.79 Å². The van der Waals surface area contributed by atoms with E-state index in [0.717, 1.165) is 22.4 Å². The maximum Gasteiger partial charge on any atom is 0.281 e. The van der Waals surface area contributed by atoms with E-state index in [1.165, 1.54) is 0 Å². The molecule has 1 saturated heterocycles. The summed E-state index contributed by atoms with van der Waals surface area (Å²) in [6.45, 7) is 3.98. The van der Waals surface area contributed by atoms with E-state index in [0.29, 0.717) is 10.8 Å². The molecule has 110 valence electrons. The number of amides is 1. The molecule has 0 atom stereocenters. The molecule has 0 saturated carbocycles. The lowest BCUT2D eigenvalue weighted by atomic mass is 10.1. The molecule has 1 aliphatic rings. The highest BCUT2D eigenvalue weighted by atomic mass is 32.1. The van der Waals surface area contributed by atoms with E-state index in [9.17, 15) is 4.79 Å². The lowest BCUT2D eigenvalue weighted by Crippen LogP contribution is -2.30. The number of nitrogens with one attached hydrogen (secondary N) is 1. The van der Waals surface area contributed by atoms with Gasteiger partial charge < -0.3 is 5.32 Å². The largest absolute Gasteiger partial charge is 0.327 e. The number of anilines is 1. The predicted molar refractivity (Wildman–Crippen MR) is 93.6 cm³/mol. The Kier molecular flexibility index (Phi) is 3.77. The van der Waals surface area contributed by atoms with Gasteiger partial charge in [0.1, 0.15) is 5.70 Å². The first-order valence-electron chi connectivity index (χ1n) is 7.06. The molecule has 0 bridgehead atoms. The van der Waals surface area contributed by atoms with Crippen molar-refractivity contribution >= 4 is 35.0 Å². The Bertz CT molecular complexity index is 795. The zero-order chi connectivity index (χ0) is 15.7. The standard InChI is InChI=1S/C18H16N2OS/c1-12-7-3-5-9-14(12)11-15-17(21)20(18(22)19-15)16-10-6-4-8-13(16)2/h3-11H,1-2H3,(H,19,22)/b15-11-. The molecule has 0 spiro atoms. The van der Waals surface area contributed by atoms with Crippen LogP contribution in [0.2, 0.25) is 0 Å². The van der Waals surface area contributed by atoms with Crippen LogP contribution in [0.5, 0.6) is 0 Å². The van der Waals surface area contributed by atoms with Crippen LogP contribution in [-0.4, -0.2) is 11.0 Å². The molecular formula is C18H16N2OS. The number of hydrogen-bond acceptors (Lipinski definition) is 2. The molecule has 3 rings (SSSR count). The van der Waals surface area contributed by atoms with Gasteiger partial charge in [-0.2, -0.15) is 0 Å². The Balaban J connectivity index is 1.99. The topological polar surface area (TPSA) is 32.3 Å². The van der Waals surface area contributed by atoms with Crippen LogP contribution in [0, 0.1) is 13.8 Å². The first-order valence-corrected chi connectivity index (χ1v) is 7.47. The van der Waals surface area contributed by atoms with Crippen molar-refractivity contribution in [3.05, 3.63) is 70.9 Å². The molecule has 1 heterocycles. The molecular weight excluding hydrogens is 292 g/mol. The van der Waals surface area contributed by atoms with Crippen LogP contribution in [0.3, 0.4) is 0 Å². The van der Waals surface area contributed by atoms with Crippen LogP contribution in [0.4, 0.5) is 5.69 Å². The zero-order valence-corrected chi connectivity index (χ0v) is 13.3. The number of aryl methyl sites for hydroxylation is 2. The lowest BCUT2D eigenvalue weighted by Gasteiger charge is -2.16. The third-order valence-electron chi connectivity index (χ3n) is 3.72. The number of carbonyl (C=O) groups is 1. The molecule has 1 amide bonds. The number of carbonyl (C=O) groups excluding carboxylic acids is 1. The maximum atomic E-state index is 12.7. The van der Waals surface area contributed by atoms with Crippen molar-refractivity contribution in [2.75, 3.05) is 4.90 Å². The van der Waals surface area contributed by atoms with Crippen LogP contribution < -0.4 is 10.2 Å². The van der Waals surface area contributed by atoms with Gasteiger partial charge in [-0.3, -0.25) is 9.69 Å². The summed E-state index contributed by atoms with van der Waals surface area (Å²) in [6, 6.07) is 15.6. The maximum absolute atomic E-state index is 12.7. The van der Waals surface area contributed by atoms with Gasteiger partial charge in [-0.15, -0.1) is 0 Å². The molecule has 1 fully saturated rings. The monoisotopic (exact) mass is 308 g/mol. The molecule has 0 aliphatic carbocycles. The Morgan fingerprint density at radius 3 is 2.32 bits per heavy atom. The molecule has 22 heavy (non-hydrogen) atoms. The van der Waals surface area contributed by atoms with Gasteiger partial charge in [-0.05, 0) is 54.9 Å². The van der Waals surface area contributed by atoms with E-state index < -0.39 is 0 Å². The van der Waals surface area contributed by atoms with E-state index >= 15 is 0 Å². The zero-order valence-electron chi connectivity index (χ0n) is 12.5. The minimum atomic E-state index is -0.123. The van der Waals surface area contributed by atoms with E-state index in [4.69, 9.17) is 12.2 Å². The number of hydrogen-bond donors (Lipinski definition) is 1. The highest BCUT2D eigenvalue weighted by molar-refractivity contribution is 7.80. The molecule has 0 radical (unpaired) electrons. The second-order valence-corrected chi connectivity index (χ2v) is 5.66. The molecule has 0 aromatic heterocycles. The molecule has 3 nitrogen and oxygen atoms in total. The molecule has 2 aromatic carbocycles. The predicted octanol–water partition coefficient (Wildman–Crippen LogP) is 3.57. The third kappa shape index (κ3) is 2.53. The number of benzene rings is 2. The summed E-state index contributed by atoms with van der Waals surface area (Å²) in [5.41, 5.74) is 4.45. The van der Waals surface area contributed by atoms with E-state index in [2.05, 4.69) is 5.32 Å². The summed E-state index contributed by atoms with van der Waals surface area (Å²) < 4.78 is 0. The highest BCUT2D eigenvalue weighted by Gasteiger charge is 2.32. The van der Waals surface area contributed by atoms with Crippen molar-refractivity contribution in [3.63, 3.8) is 0 Å². The van der Waals surface area contributed by atoms with Crippen molar-refractivity contribution in [2.45, 2.75) is 13.8 Å². The molecule has 1 aliphatic heterocycles. The number of nitrogens with zero attached hydrogens (tertiary/aromatic N) is 1. The van der Waals surface area contributed by atoms with E-state index in [1.54, 1.807) is 4.90 Å². The van der Waals surface area contributed by atoms with Gasteiger partial charge in [0.05, 0.1) is 5.69 Å². The van der Waals surface area contributed by atoms with E-state index in [-0.39, 0.29) is 5.91 Å². The van der Waals surface area contributed by atoms with E-state index in [1.807, 2.05) is 68.5 Å². The SMILES string of the molecule is Cc1ccccc1/C=C1\NC(=S)N(c2ccccc2C)C1=O. The third-order valence-corrected chi connectivity index (χ3v) is 4.01. The van der Waals surface area contributed by atoms with Gasteiger partial charge in [0.25, 0.3) is 5.91 Å². The van der Waals surface area contributed by atoms with Crippen LogP contribution in [0.15, 0.2) is 54.2 Å². The fourth-order valence-corrected chi connectivity index (χ4v) is 2.76. The van der Waals surface area contributed by atoms with Crippen molar-refractivity contribution in [1.29, 1.82) is 0 Å². The smallest absolute Gasteiger partial charge is 0.281 e.